The first kappa shape index (κ1) is 59.5. The number of ether oxygens (including phenoxy) is 2. The Balaban J connectivity index is 4.61. The fourth-order valence-corrected chi connectivity index (χ4v) is 6.74. The molecule has 62 heavy (non-hydrogen) atoms. The van der Waals surface area contributed by atoms with Crippen LogP contribution < -0.4 is 0 Å². The van der Waals surface area contributed by atoms with Crippen LogP contribution >= 0.6 is 15.6 Å². The number of phosphoric acid groups is 2. The van der Waals surface area contributed by atoms with Gasteiger partial charge in [-0.2, -0.15) is 0 Å². The molecule has 0 spiro atoms. The molecule has 16 heteroatoms. The van der Waals surface area contributed by atoms with Crippen molar-refractivity contribution in [1.29, 1.82) is 0 Å². The van der Waals surface area contributed by atoms with Gasteiger partial charge >= 0.3 is 27.6 Å². The van der Waals surface area contributed by atoms with Crippen molar-refractivity contribution in [3.63, 3.8) is 0 Å². The normalized spacial score (nSPS) is 15.1. The summed E-state index contributed by atoms with van der Waals surface area (Å²) in [5.41, 5.74) is 0. The molecule has 0 aromatic carbocycles. The van der Waals surface area contributed by atoms with Crippen molar-refractivity contribution in [2.24, 2.45) is 0 Å². The highest BCUT2D eigenvalue weighted by molar-refractivity contribution is 7.47. The Bertz CT molecular complexity index is 1390. The molecule has 0 fully saturated rings. The van der Waals surface area contributed by atoms with Crippen LogP contribution in [0.2, 0.25) is 0 Å². The maximum Gasteiger partial charge on any atom is 0.472 e. The Morgan fingerprint density at radius 1 is 0.500 bits per heavy atom. The van der Waals surface area contributed by atoms with Gasteiger partial charge in [0, 0.05) is 12.8 Å². The maximum atomic E-state index is 12.7. The number of aliphatic hydroxyl groups excluding tert-OH is 2. The number of aliphatic hydroxyl groups is 2. The Kier molecular flexibility index (Phi) is 39.6. The summed E-state index contributed by atoms with van der Waals surface area (Å²) in [4.78, 5) is 52.7. The lowest BCUT2D eigenvalue weighted by Crippen LogP contribution is -2.30. The molecule has 0 aromatic heterocycles. The highest BCUT2D eigenvalue weighted by Crippen LogP contribution is 2.43. The van der Waals surface area contributed by atoms with Gasteiger partial charge in [-0.3, -0.25) is 23.2 Å². The smallest absolute Gasteiger partial charge is 0.462 e. The van der Waals surface area contributed by atoms with Gasteiger partial charge in [-0.15, -0.1) is 0 Å². The molecular formula is C46H80O14P2. The molecule has 0 amide bonds. The van der Waals surface area contributed by atoms with E-state index in [1.165, 1.54) is 19.3 Å². The van der Waals surface area contributed by atoms with E-state index in [0.717, 1.165) is 96.3 Å². The molecule has 1 unspecified atom stereocenters. The summed E-state index contributed by atoms with van der Waals surface area (Å²) in [6.07, 6.45) is 42.6. The quantitative estimate of drug-likeness (QED) is 0.0167. The third-order valence-electron chi connectivity index (χ3n) is 9.22. The Hall–Kier alpha value is -2.48. The maximum absolute atomic E-state index is 12.7. The van der Waals surface area contributed by atoms with Crippen LogP contribution in [0.25, 0.3) is 0 Å². The van der Waals surface area contributed by atoms with Crippen molar-refractivity contribution in [2.45, 2.75) is 180 Å². The minimum atomic E-state index is -4.88. The molecule has 0 bridgehead atoms. The van der Waals surface area contributed by atoms with Gasteiger partial charge in [-0.05, 0) is 89.9 Å². The van der Waals surface area contributed by atoms with Gasteiger partial charge in [0.25, 0.3) is 0 Å². The number of hydrogen-bond donors (Lipinski definition) is 5. The number of esters is 2. The Morgan fingerprint density at radius 3 is 1.50 bits per heavy atom. The molecule has 0 aliphatic heterocycles. The fraction of sp³-hybridized carbons (Fsp3) is 0.696. The number of carbonyl (C=O) groups excluding carboxylic acids is 2. The molecule has 5 N–H and O–H groups in total. The van der Waals surface area contributed by atoms with Gasteiger partial charge in [-0.25, -0.2) is 9.13 Å². The van der Waals surface area contributed by atoms with Gasteiger partial charge in [0.05, 0.1) is 25.9 Å². The van der Waals surface area contributed by atoms with E-state index in [9.17, 15) is 33.8 Å². The number of unbranched alkanes of at least 4 members (excludes halogenated alkanes) is 11. The first-order chi connectivity index (χ1) is 29.8. The van der Waals surface area contributed by atoms with Crippen molar-refractivity contribution in [3.8, 4) is 0 Å². The van der Waals surface area contributed by atoms with Gasteiger partial charge in [0.1, 0.15) is 12.7 Å². The zero-order chi connectivity index (χ0) is 46.0. The summed E-state index contributed by atoms with van der Waals surface area (Å²) in [5.74, 6) is -1.13. The summed E-state index contributed by atoms with van der Waals surface area (Å²) in [6.45, 7) is 1.37. The first-order valence-electron chi connectivity index (χ1n) is 22.7. The molecule has 358 valence electrons. The van der Waals surface area contributed by atoms with E-state index < -0.39 is 66.2 Å². The highest BCUT2D eigenvalue weighted by atomic mass is 31.2. The van der Waals surface area contributed by atoms with E-state index in [-0.39, 0.29) is 18.9 Å². The van der Waals surface area contributed by atoms with E-state index in [0.29, 0.717) is 19.3 Å². The number of carbonyl (C=O) groups is 2. The molecule has 4 atom stereocenters. The van der Waals surface area contributed by atoms with Crippen LogP contribution in [0, 0.1) is 0 Å². The first-order valence-corrected chi connectivity index (χ1v) is 25.7. The van der Waals surface area contributed by atoms with Crippen LogP contribution in [-0.4, -0.2) is 81.6 Å². The van der Waals surface area contributed by atoms with Gasteiger partial charge < -0.3 is 34.4 Å². The number of rotatable bonds is 42. The van der Waals surface area contributed by atoms with Crippen molar-refractivity contribution in [2.75, 3.05) is 26.4 Å². The lowest BCUT2D eigenvalue weighted by atomic mass is 10.1. The molecule has 0 aromatic rings. The Labute approximate surface area is 372 Å². The predicted octanol–water partition coefficient (Wildman–Crippen LogP) is 10.8. The number of phosphoric ester groups is 2. The molecule has 0 aliphatic carbocycles. The van der Waals surface area contributed by atoms with Gasteiger partial charge in [0.2, 0.25) is 0 Å². The van der Waals surface area contributed by atoms with Gasteiger partial charge in [-0.1, -0.05) is 132 Å². The second-order valence-electron chi connectivity index (χ2n) is 15.1. The third-order valence-corrected chi connectivity index (χ3v) is 10.7. The lowest BCUT2D eigenvalue weighted by Gasteiger charge is -2.20. The van der Waals surface area contributed by atoms with Crippen LogP contribution in [-0.2, 0) is 41.8 Å². The van der Waals surface area contributed by atoms with E-state index in [1.54, 1.807) is 0 Å². The molecule has 14 nitrogen and oxygen atoms in total. The predicted molar refractivity (Wildman–Crippen MR) is 245 cm³/mol. The third kappa shape index (κ3) is 44.1. The summed E-state index contributed by atoms with van der Waals surface area (Å²) in [7, 11) is -9.71. The molecule has 0 rings (SSSR count). The Morgan fingerprint density at radius 2 is 0.952 bits per heavy atom. The monoisotopic (exact) mass is 919 g/mol. The van der Waals surface area contributed by atoms with Gasteiger partial charge in [0.15, 0.2) is 6.10 Å². The van der Waals surface area contributed by atoms with Crippen LogP contribution in [0.1, 0.15) is 162 Å². The molecule has 0 radical (unpaired) electrons. The largest absolute Gasteiger partial charge is 0.472 e. The molecule has 0 saturated carbocycles. The van der Waals surface area contributed by atoms with Crippen LogP contribution in [0.3, 0.4) is 0 Å². The zero-order valence-corrected chi connectivity index (χ0v) is 39.3. The summed E-state index contributed by atoms with van der Waals surface area (Å²) < 4.78 is 47.7. The van der Waals surface area contributed by atoms with Crippen molar-refractivity contribution in [3.05, 3.63) is 72.9 Å². The second-order valence-corrected chi connectivity index (χ2v) is 17.8. The minimum Gasteiger partial charge on any atom is -0.462 e. The fourth-order valence-electron chi connectivity index (χ4n) is 5.59. The topological polar surface area (TPSA) is 216 Å². The van der Waals surface area contributed by atoms with Crippen LogP contribution in [0.15, 0.2) is 72.9 Å². The van der Waals surface area contributed by atoms with Crippen molar-refractivity contribution in [1.82, 2.24) is 0 Å². The van der Waals surface area contributed by atoms with Crippen LogP contribution in [0.4, 0.5) is 0 Å². The summed E-state index contributed by atoms with van der Waals surface area (Å²) in [5, 5.41) is 19.3. The standard InChI is InChI=1S/C46H80O14P2/c1-3-5-6-7-8-9-10-11-12-13-14-19-22-25-28-31-34-37-46(50)60-44(41-59-62(54,55)58-39-43(48)38-57-61(51,52)53)40-56-45(49)36-33-30-27-24-21-18-16-15-17-20-23-26-29-32-35-42(47)4-2/h8-9,11-12,16-18,20,24,26-27,29,42-44,47-48H,3-7,10,13-15,19,21-23,25,28,30-41H2,1-2H3,(H,54,55)(H2,51,52,53)/b9-8-,12-11-,18-16-,20-17-,27-24-,29-26-/t42-,43-,44+/m0/s1. The van der Waals surface area contributed by atoms with E-state index >= 15 is 0 Å². The van der Waals surface area contributed by atoms with Crippen LogP contribution in [0.5, 0.6) is 0 Å². The van der Waals surface area contributed by atoms with Crippen molar-refractivity contribution < 1.29 is 66.7 Å². The average Bonchev–Trinajstić information content (AvgIpc) is 3.23. The summed E-state index contributed by atoms with van der Waals surface area (Å²) in [6, 6.07) is 0. The van der Waals surface area contributed by atoms with E-state index in [1.807, 2.05) is 19.1 Å². The number of allylic oxidation sites excluding steroid dienone is 12. The average molecular weight is 919 g/mol. The van der Waals surface area contributed by atoms with Crippen molar-refractivity contribution >= 4 is 27.6 Å². The zero-order valence-electron chi connectivity index (χ0n) is 37.6. The molecule has 0 aliphatic rings. The minimum absolute atomic E-state index is 0.101. The highest BCUT2D eigenvalue weighted by Gasteiger charge is 2.28. The number of hydrogen-bond acceptors (Lipinski definition) is 11. The van der Waals surface area contributed by atoms with E-state index in [2.05, 4.69) is 76.7 Å². The molecular weight excluding hydrogens is 838 g/mol. The SMILES string of the molecule is CCCCC/C=C\C/C=C\CCCCCCCCCC(=O)O[C@H](COC(=O)CCC/C=C\C/C=C\C/C=C\C/C=C\CC[C@@H](O)CC)COP(=O)(O)OC[C@@H](O)COP(=O)(O)O. The second kappa shape index (κ2) is 41.2. The molecule has 0 saturated heterocycles. The molecule has 0 heterocycles. The lowest BCUT2D eigenvalue weighted by molar-refractivity contribution is -0.161. The summed E-state index contributed by atoms with van der Waals surface area (Å²) >= 11 is 0. The van der Waals surface area contributed by atoms with E-state index in [4.69, 9.17) is 23.8 Å².